The summed E-state index contributed by atoms with van der Waals surface area (Å²) < 4.78 is 39.8. The standard InChI is InChI=1S/C17H18F3N/c1-10-4-5-11(2)12(6-10)9-16(21-3)13-7-14(18)17(20)15(19)8-13/h4-8,16,21H,9H2,1-3H3. The number of benzene rings is 2. The summed E-state index contributed by atoms with van der Waals surface area (Å²) in [6.45, 7) is 3.99. The lowest BCUT2D eigenvalue weighted by atomic mass is 9.95. The van der Waals surface area contributed by atoms with Crippen LogP contribution in [0.3, 0.4) is 0 Å². The summed E-state index contributed by atoms with van der Waals surface area (Å²) in [5.41, 5.74) is 3.74. The van der Waals surface area contributed by atoms with Crippen LogP contribution in [0.25, 0.3) is 0 Å². The first-order valence-corrected chi connectivity index (χ1v) is 6.80. The zero-order valence-electron chi connectivity index (χ0n) is 12.3. The van der Waals surface area contributed by atoms with Gasteiger partial charge in [-0.3, -0.25) is 0 Å². The Kier molecular flexibility index (Phi) is 4.68. The molecule has 0 fully saturated rings. The van der Waals surface area contributed by atoms with E-state index in [0.717, 1.165) is 28.8 Å². The highest BCUT2D eigenvalue weighted by molar-refractivity contribution is 5.33. The van der Waals surface area contributed by atoms with Gasteiger partial charge >= 0.3 is 0 Å². The Balaban J connectivity index is 2.34. The second kappa shape index (κ2) is 6.31. The Morgan fingerprint density at radius 3 is 2.19 bits per heavy atom. The monoisotopic (exact) mass is 293 g/mol. The van der Waals surface area contributed by atoms with Crippen LogP contribution in [0.15, 0.2) is 30.3 Å². The van der Waals surface area contributed by atoms with Gasteiger partial charge in [0.1, 0.15) is 0 Å². The van der Waals surface area contributed by atoms with E-state index in [9.17, 15) is 13.2 Å². The van der Waals surface area contributed by atoms with E-state index in [1.54, 1.807) is 7.05 Å². The zero-order valence-corrected chi connectivity index (χ0v) is 12.3. The Hall–Kier alpha value is -1.81. The lowest BCUT2D eigenvalue weighted by molar-refractivity contribution is 0.441. The SMILES string of the molecule is CNC(Cc1cc(C)ccc1C)c1cc(F)c(F)c(F)c1. The molecule has 1 atom stereocenters. The molecule has 0 amide bonds. The third-order valence-corrected chi connectivity index (χ3v) is 3.69. The van der Waals surface area contributed by atoms with Gasteiger partial charge in [0.2, 0.25) is 0 Å². The molecule has 0 aliphatic carbocycles. The van der Waals surface area contributed by atoms with Crippen molar-refractivity contribution in [2.24, 2.45) is 0 Å². The second-order valence-corrected chi connectivity index (χ2v) is 5.27. The average Bonchev–Trinajstić information content (AvgIpc) is 2.45. The normalized spacial score (nSPS) is 12.5. The third kappa shape index (κ3) is 3.45. The molecule has 2 aromatic carbocycles. The minimum Gasteiger partial charge on any atom is -0.313 e. The predicted molar refractivity (Wildman–Crippen MR) is 77.7 cm³/mol. The molecule has 4 heteroatoms. The summed E-state index contributed by atoms with van der Waals surface area (Å²) in [5.74, 6) is -3.75. The molecule has 21 heavy (non-hydrogen) atoms. The summed E-state index contributed by atoms with van der Waals surface area (Å²) in [5, 5.41) is 3.03. The van der Waals surface area contributed by atoms with Gasteiger partial charge in [0, 0.05) is 6.04 Å². The first kappa shape index (κ1) is 15.6. The van der Waals surface area contributed by atoms with Crippen LogP contribution in [0.5, 0.6) is 0 Å². The van der Waals surface area contributed by atoms with E-state index in [4.69, 9.17) is 0 Å². The maximum Gasteiger partial charge on any atom is 0.194 e. The van der Waals surface area contributed by atoms with Crippen molar-refractivity contribution in [3.05, 3.63) is 70.0 Å². The molecular formula is C17H18F3N. The van der Waals surface area contributed by atoms with Crippen LogP contribution in [0.4, 0.5) is 13.2 Å². The minimum atomic E-state index is -1.43. The van der Waals surface area contributed by atoms with Gasteiger partial charge in [0.25, 0.3) is 0 Å². The molecular weight excluding hydrogens is 275 g/mol. The molecule has 0 aliphatic heterocycles. The van der Waals surface area contributed by atoms with Crippen molar-refractivity contribution in [1.82, 2.24) is 5.32 Å². The van der Waals surface area contributed by atoms with Gasteiger partial charge < -0.3 is 5.32 Å². The van der Waals surface area contributed by atoms with E-state index in [2.05, 4.69) is 11.4 Å². The Bertz CT molecular complexity index is 629. The maximum atomic E-state index is 13.4. The molecule has 2 rings (SSSR count). The quantitative estimate of drug-likeness (QED) is 0.832. The molecule has 0 aliphatic rings. The summed E-state index contributed by atoms with van der Waals surface area (Å²) in [4.78, 5) is 0. The van der Waals surface area contributed by atoms with Gasteiger partial charge in [-0.05, 0) is 56.1 Å². The highest BCUT2D eigenvalue weighted by atomic mass is 19.2. The van der Waals surface area contributed by atoms with Crippen LogP contribution in [-0.2, 0) is 6.42 Å². The molecule has 2 aromatic rings. The molecule has 1 N–H and O–H groups in total. The van der Waals surface area contributed by atoms with Crippen LogP contribution in [0.1, 0.15) is 28.3 Å². The van der Waals surface area contributed by atoms with Gasteiger partial charge in [-0.25, -0.2) is 13.2 Å². The largest absolute Gasteiger partial charge is 0.313 e. The average molecular weight is 293 g/mol. The molecule has 0 heterocycles. The topological polar surface area (TPSA) is 12.0 Å². The molecule has 0 bridgehead atoms. The van der Waals surface area contributed by atoms with Crippen LogP contribution in [0, 0.1) is 31.3 Å². The van der Waals surface area contributed by atoms with Crippen LogP contribution >= 0.6 is 0 Å². The molecule has 1 unspecified atom stereocenters. The fraction of sp³-hybridized carbons (Fsp3) is 0.294. The molecule has 0 saturated heterocycles. The zero-order chi connectivity index (χ0) is 15.6. The first-order valence-electron chi connectivity index (χ1n) is 6.80. The highest BCUT2D eigenvalue weighted by Gasteiger charge is 2.17. The van der Waals surface area contributed by atoms with Crippen molar-refractivity contribution in [2.75, 3.05) is 7.05 Å². The summed E-state index contributed by atoms with van der Waals surface area (Å²) >= 11 is 0. The minimum absolute atomic E-state index is 0.282. The van der Waals surface area contributed by atoms with Crippen molar-refractivity contribution < 1.29 is 13.2 Å². The molecule has 0 aromatic heterocycles. The molecule has 1 nitrogen and oxygen atoms in total. The van der Waals surface area contributed by atoms with Crippen LogP contribution in [-0.4, -0.2) is 7.05 Å². The van der Waals surface area contributed by atoms with E-state index < -0.39 is 17.5 Å². The highest BCUT2D eigenvalue weighted by Crippen LogP contribution is 2.24. The number of nitrogens with one attached hydrogen (secondary N) is 1. The Morgan fingerprint density at radius 2 is 1.62 bits per heavy atom. The van der Waals surface area contributed by atoms with Crippen molar-refractivity contribution >= 4 is 0 Å². The van der Waals surface area contributed by atoms with Gasteiger partial charge in [-0.2, -0.15) is 0 Å². The number of aryl methyl sites for hydroxylation is 2. The van der Waals surface area contributed by atoms with Gasteiger partial charge in [0.15, 0.2) is 17.5 Å². The molecule has 112 valence electrons. The number of hydrogen-bond donors (Lipinski definition) is 1. The van der Waals surface area contributed by atoms with Crippen molar-refractivity contribution in [2.45, 2.75) is 26.3 Å². The third-order valence-electron chi connectivity index (χ3n) is 3.69. The van der Waals surface area contributed by atoms with Crippen molar-refractivity contribution in [1.29, 1.82) is 0 Å². The van der Waals surface area contributed by atoms with Crippen LogP contribution in [0.2, 0.25) is 0 Å². The molecule has 0 saturated carbocycles. The Morgan fingerprint density at radius 1 is 1.00 bits per heavy atom. The summed E-state index contributed by atoms with van der Waals surface area (Å²) in [6.07, 6.45) is 0.578. The van der Waals surface area contributed by atoms with E-state index in [1.165, 1.54) is 0 Å². The smallest absolute Gasteiger partial charge is 0.194 e. The second-order valence-electron chi connectivity index (χ2n) is 5.27. The van der Waals surface area contributed by atoms with Crippen LogP contribution < -0.4 is 5.32 Å². The van der Waals surface area contributed by atoms with E-state index in [1.807, 2.05) is 26.0 Å². The molecule has 0 radical (unpaired) electrons. The fourth-order valence-electron chi connectivity index (χ4n) is 2.40. The predicted octanol–water partition coefficient (Wildman–Crippen LogP) is 4.22. The Labute approximate surface area is 122 Å². The molecule has 0 spiro atoms. The number of halogens is 3. The first-order chi connectivity index (χ1) is 9.92. The number of hydrogen-bond acceptors (Lipinski definition) is 1. The van der Waals surface area contributed by atoms with E-state index >= 15 is 0 Å². The maximum absolute atomic E-state index is 13.4. The number of likely N-dealkylation sites (N-methyl/N-ethyl adjacent to an activating group) is 1. The van der Waals surface area contributed by atoms with Gasteiger partial charge in [0.05, 0.1) is 0 Å². The van der Waals surface area contributed by atoms with Gasteiger partial charge in [-0.15, -0.1) is 0 Å². The summed E-state index contributed by atoms with van der Waals surface area (Å²) in [7, 11) is 1.72. The van der Waals surface area contributed by atoms with E-state index in [0.29, 0.717) is 12.0 Å². The number of rotatable bonds is 4. The fourth-order valence-corrected chi connectivity index (χ4v) is 2.40. The lowest BCUT2D eigenvalue weighted by Crippen LogP contribution is -2.20. The van der Waals surface area contributed by atoms with Crippen molar-refractivity contribution in [3.8, 4) is 0 Å². The van der Waals surface area contributed by atoms with Crippen molar-refractivity contribution in [3.63, 3.8) is 0 Å². The lowest BCUT2D eigenvalue weighted by Gasteiger charge is -2.19. The van der Waals surface area contributed by atoms with E-state index in [-0.39, 0.29) is 6.04 Å². The summed E-state index contributed by atoms with van der Waals surface area (Å²) in [6, 6.07) is 7.90. The van der Waals surface area contributed by atoms with Gasteiger partial charge in [-0.1, -0.05) is 23.8 Å².